The number of benzene rings is 1. The van der Waals surface area contributed by atoms with E-state index in [0.29, 0.717) is 11.3 Å². The molecule has 4 heteroatoms. The van der Waals surface area contributed by atoms with Gasteiger partial charge in [0.2, 0.25) is 0 Å². The molecule has 1 aromatic rings. The Hall–Kier alpha value is -2.10. The fourth-order valence-corrected chi connectivity index (χ4v) is 1.82. The van der Waals surface area contributed by atoms with Gasteiger partial charge in [-0.3, -0.25) is 0 Å². The molecule has 1 heterocycles. The number of oxime groups is 1. The van der Waals surface area contributed by atoms with Crippen LogP contribution in [0.1, 0.15) is 26.3 Å². The van der Waals surface area contributed by atoms with Gasteiger partial charge in [-0.05, 0) is 23.8 Å². The van der Waals surface area contributed by atoms with Gasteiger partial charge < -0.3 is 9.57 Å². The Morgan fingerprint density at radius 1 is 1.21 bits per heavy atom. The van der Waals surface area contributed by atoms with Crippen LogP contribution in [0.4, 0.5) is 0 Å². The van der Waals surface area contributed by atoms with Gasteiger partial charge in [-0.25, -0.2) is 4.79 Å². The van der Waals surface area contributed by atoms with Crippen LogP contribution < -0.4 is 4.74 Å². The van der Waals surface area contributed by atoms with Gasteiger partial charge in [-0.1, -0.05) is 38.1 Å². The maximum Gasteiger partial charge on any atom is 0.367 e. The van der Waals surface area contributed by atoms with E-state index < -0.39 is 5.97 Å². The lowest BCUT2D eigenvalue weighted by molar-refractivity contribution is -0.136. The molecule has 1 aliphatic heterocycles. The molecule has 0 aromatic heterocycles. The lowest BCUT2D eigenvalue weighted by Gasteiger charge is -2.16. The summed E-state index contributed by atoms with van der Waals surface area (Å²) >= 11 is 0. The summed E-state index contributed by atoms with van der Waals surface area (Å²) in [5, 5.41) is 3.87. The monoisotopic (exact) mass is 259 g/mol. The molecule has 0 spiro atoms. The van der Waals surface area contributed by atoms with Crippen LogP contribution in [0.5, 0.6) is 5.75 Å². The van der Waals surface area contributed by atoms with Crippen molar-refractivity contribution >= 4 is 17.8 Å². The van der Waals surface area contributed by atoms with Crippen LogP contribution in [0.3, 0.4) is 0 Å². The van der Waals surface area contributed by atoms with Crippen LogP contribution in [-0.2, 0) is 9.63 Å². The maximum absolute atomic E-state index is 11.7. The predicted molar refractivity (Wildman–Crippen MR) is 74.0 cm³/mol. The smallest absolute Gasteiger partial charge is 0.367 e. The quantitative estimate of drug-likeness (QED) is 0.606. The number of hydrogen-bond donors (Lipinski definition) is 0. The first kappa shape index (κ1) is 13.3. The van der Waals surface area contributed by atoms with Crippen molar-refractivity contribution in [2.45, 2.75) is 20.8 Å². The molecular weight excluding hydrogens is 242 g/mol. The zero-order valence-corrected chi connectivity index (χ0v) is 11.6. The minimum atomic E-state index is -0.402. The summed E-state index contributed by atoms with van der Waals surface area (Å²) < 4.78 is 5.10. The summed E-state index contributed by atoms with van der Waals surface area (Å²) in [7, 11) is 1.62. The lowest BCUT2D eigenvalue weighted by Crippen LogP contribution is -2.21. The number of hydrogen-bond acceptors (Lipinski definition) is 4. The zero-order chi connectivity index (χ0) is 14.0. The number of rotatable bonds is 2. The van der Waals surface area contributed by atoms with Crippen molar-refractivity contribution in [3.63, 3.8) is 0 Å². The molecule has 0 aliphatic carbocycles. The largest absolute Gasteiger partial charge is 0.497 e. The molecule has 4 nitrogen and oxygen atoms in total. The van der Waals surface area contributed by atoms with Crippen molar-refractivity contribution in [1.29, 1.82) is 0 Å². The molecule has 0 radical (unpaired) electrons. The van der Waals surface area contributed by atoms with E-state index in [1.54, 1.807) is 13.2 Å². The van der Waals surface area contributed by atoms with E-state index in [2.05, 4.69) is 5.16 Å². The summed E-state index contributed by atoms with van der Waals surface area (Å²) in [6.07, 6.45) is 1.79. The number of nitrogens with zero attached hydrogens (tertiary/aromatic N) is 1. The molecule has 0 saturated heterocycles. The van der Waals surface area contributed by atoms with Crippen molar-refractivity contribution in [2.24, 2.45) is 10.6 Å². The van der Waals surface area contributed by atoms with Crippen LogP contribution in [-0.4, -0.2) is 18.8 Å². The first-order valence-corrected chi connectivity index (χ1v) is 6.08. The summed E-state index contributed by atoms with van der Waals surface area (Å²) in [6.45, 7) is 5.99. The van der Waals surface area contributed by atoms with Gasteiger partial charge in [0.05, 0.1) is 12.7 Å². The predicted octanol–water partition coefficient (Wildman–Crippen LogP) is 3.04. The highest BCUT2D eigenvalue weighted by atomic mass is 16.7. The number of carbonyl (C=O) groups is 1. The van der Waals surface area contributed by atoms with Crippen LogP contribution in [0.2, 0.25) is 0 Å². The first-order chi connectivity index (χ1) is 8.91. The molecule has 2 rings (SSSR count). The van der Waals surface area contributed by atoms with E-state index in [-0.39, 0.29) is 5.41 Å². The molecule has 19 heavy (non-hydrogen) atoms. The third-order valence-corrected chi connectivity index (χ3v) is 2.83. The van der Waals surface area contributed by atoms with Crippen LogP contribution in [0, 0.1) is 5.41 Å². The van der Waals surface area contributed by atoms with Crippen LogP contribution >= 0.6 is 0 Å². The second kappa shape index (κ2) is 4.88. The van der Waals surface area contributed by atoms with Crippen molar-refractivity contribution in [2.75, 3.05) is 7.11 Å². The Kier molecular flexibility index (Phi) is 3.42. The summed E-state index contributed by atoms with van der Waals surface area (Å²) in [5.41, 5.74) is 1.86. The molecule has 0 amide bonds. The second-order valence-corrected chi connectivity index (χ2v) is 5.40. The molecular formula is C15H17NO3. The Balaban J connectivity index is 2.35. The van der Waals surface area contributed by atoms with Crippen molar-refractivity contribution in [1.82, 2.24) is 0 Å². The normalized spacial score (nSPS) is 17.4. The third kappa shape index (κ3) is 2.84. The van der Waals surface area contributed by atoms with E-state index in [1.807, 2.05) is 45.0 Å². The van der Waals surface area contributed by atoms with Crippen molar-refractivity contribution in [3.8, 4) is 5.75 Å². The molecule has 0 bridgehead atoms. The molecule has 0 N–H and O–H groups in total. The fraction of sp³-hybridized carbons (Fsp3) is 0.333. The lowest BCUT2D eigenvalue weighted by atomic mass is 9.85. The maximum atomic E-state index is 11.7. The molecule has 100 valence electrons. The van der Waals surface area contributed by atoms with Crippen molar-refractivity contribution in [3.05, 3.63) is 35.4 Å². The molecule has 0 fully saturated rings. The van der Waals surface area contributed by atoms with Gasteiger partial charge in [0, 0.05) is 5.41 Å². The van der Waals surface area contributed by atoms with E-state index >= 15 is 0 Å². The number of methoxy groups -OCH3 is 1. The van der Waals surface area contributed by atoms with Crippen molar-refractivity contribution < 1.29 is 14.4 Å². The Bertz CT molecular complexity index is 548. The van der Waals surface area contributed by atoms with Crippen LogP contribution in [0.25, 0.3) is 6.08 Å². The van der Waals surface area contributed by atoms with Gasteiger partial charge >= 0.3 is 5.97 Å². The summed E-state index contributed by atoms with van der Waals surface area (Å²) in [4.78, 5) is 16.5. The molecule has 0 atom stereocenters. The molecule has 0 unspecified atom stereocenters. The topological polar surface area (TPSA) is 47.9 Å². The minimum absolute atomic E-state index is 0.232. The fourth-order valence-electron chi connectivity index (χ4n) is 1.82. The van der Waals surface area contributed by atoms with Gasteiger partial charge in [0.1, 0.15) is 11.5 Å². The molecule has 0 saturated carbocycles. The number of ether oxygens (including phenoxy) is 1. The first-order valence-electron chi connectivity index (χ1n) is 6.08. The van der Waals surface area contributed by atoms with Gasteiger partial charge in [-0.2, -0.15) is 0 Å². The Labute approximate surface area is 112 Å². The highest BCUT2D eigenvalue weighted by Crippen LogP contribution is 2.28. The summed E-state index contributed by atoms with van der Waals surface area (Å²) in [6, 6.07) is 7.47. The second-order valence-electron chi connectivity index (χ2n) is 5.40. The standard InChI is InChI=1S/C15H17NO3/c1-15(2,3)13-12(14(17)19-16-13)9-10-5-7-11(18-4)8-6-10/h5-9H,1-4H3. The third-order valence-electron chi connectivity index (χ3n) is 2.83. The SMILES string of the molecule is COc1ccc(C=C2C(=O)ON=C2C(C)(C)C)cc1. The average molecular weight is 259 g/mol. The summed E-state index contributed by atoms with van der Waals surface area (Å²) in [5.74, 6) is 0.376. The van der Waals surface area contributed by atoms with E-state index in [0.717, 1.165) is 11.3 Å². The minimum Gasteiger partial charge on any atom is -0.497 e. The number of carbonyl (C=O) groups excluding carboxylic acids is 1. The highest BCUT2D eigenvalue weighted by Gasteiger charge is 2.33. The van der Waals surface area contributed by atoms with Gasteiger partial charge in [0.15, 0.2) is 0 Å². The Morgan fingerprint density at radius 2 is 1.84 bits per heavy atom. The van der Waals surface area contributed by atoms with Crippen LogP contribution in [0.15, 0.2) is 35.0 Å². The molecule has 1 aliphatic rings. The highest BCUT2D eigenvalue weighted by molar-refractivity contribution is 6.26. The van der Waals surface area contributed by atoms with Gasteiger partial charge in [0.25, 0.3) is 0 Å². The van der Waals surface area contributed by atoms with E-state index in [9.17, 15) is 4.79 Å². The van der Waals surface area contributed by atoms with E-state index in [4.69, 9.17) is 9.57 Å². The average Bonchev–Trinajstić information content (AvgIpc) is 2.72. The Morgan fingerprint density at radius 3 is 2.37 bits per heavy atom. The van der Waals surface area contributed by atoms with Gasteiger partial charge in [-0.15, -0.1) is 0 Å². The molecule has 1 aromatic carbocycles. The zero-order valence-electron chi connectivity index (χ0n) is 11.6. The van der Waals surface area contributed by atoms with E-state index in [1.165, 1.54) is 0 Å².